The van der Waals surface area contributed by atoms with Crippen molar-refractivity contribution in [1.29, 1.82) is 0 Å². The van der Waals surface area contributed by atoms with Crippen LogP contribution in [-0.2, 0) is 6.54 Å². The summed E-state index contributed by atoms with van der Waals surface area (Å²) in [6.07, 6.45) is 2.12. The zero-order chi connectivity index (χ0) is 23.5. The first-order valence-corrected chi connectivity index (χ1v) is 12.2. The fourth-order valence-corrected chi connectivity index (χ4v) is 4.83. The van der Waals surface area contributed by atoms with Crippen LogP contribution in [-0.4, -0.2) is 34.8 Å². The van der Waals surface area contributed by atoms with E-state index >= 15 is 0 Å². The number of carbonyl (C=O) groups excluding carboxylic acids is 2. The fourth-order valence-electron chi connectivity index (χ4n) is 3.74. The summed E-state index contributed by atoms with van der Waals surface area (Å²) in [5.41, 5.74) is 4.22. The number of rotatable bonds is 7. The van der Waals surface area contributed by atoms with E-state index in [2.05, 4.69) is 5.32 Å². The van der Waals surface area contributed by atoms with Crippen molar-refractivity contribution in [3.8, 4) is 21.8 Å². The van der Waals surface area contributed by atoms with Crippen molar-refractivity contribution >= 4 is 23.2 Å². The van der Waals surface area contributed by atoms with Crippen molar-refractivity contribution in [2.75, 3.05) is 7.05 Å². The largest absolute Gasteiger partial charge is 0.349 e. The summed E-state index contributed by atoms with van der Waals surface area (Å²) in [4.78, 5) is 32.9. The molecule has 1 aliphatic rings. The molecule has 0 unspecified atom stereocenters. The molecule has 1 heterocycles. The maximum Gasteiger partial charge on any atom is 0.266 e. The molecule has 34 heavy (non-hydrogen) atoms. The molecule has 5 rings (SSSR count). The second-order valence-corrected chi connectivity index (χ2v) is 9.53. The van der Waals surface area contributed by atoms with Crippen LogP contribution in [0.15, 0.2) is 84.9 Å². The smallest absolute Gasteiger partial charge is 0.266 e. The van der Waals surface area contributed by atoms with E-state index in [0.29, 0.717) is 28.7 Å². The highest BCUT2D eigenvalue weighted by atomic mass is 32.1. The summed E-state index contributed by atoms with van der Waals surface area (Å²) in [5, 5.41) is 3.82. The van der Waals surface area contributed by atoms with Gasteiger partial charge in [0.2, 0.25) is 0 Å². The molecule has 1 fully saturated rings. The highest BCUT2D eigenvalue weighted by Crippen LogP contribution is 2.34. The van der Waals surface area contributed by atoms with Gasteiger partial charge in [-0.15, -0.1) is 11.3 Å². The van der Waals surface area contributed by atoms with Crippen LogP contribution >= 0.6 is 11.3 Å². The van der Waals surface area contributed by atoms with Gasteiger partial charge in [-0.1, -0.05) is 72.8 Å². The predicted octanol–water partition coefficient (Wildman–Crippen LogP) is 5.64. The standard InChI is InChI=1S/C28H25N3O2S/c1-31(18-19-12-14-21(15-13-19)26(32)29-23-16-17-23)28(33)25-24(20-8-4-2-5-9-20)30-27(34-25)22-10-6-3-7-11-22/h2-15,23H,16-18H2,1H3,(H,29,32). The van der Waals surface area contributed by atoms with Gasteiger partial charge in [-0.25, -0.2) is 4.98 Å². The third-order valence-corrected chi connectivity index (χ3v) is 6.88. The van der Waals surface area contributed by atoms with Crippen LogP contribution in [0.1, 0.15) is 38.4 Å². The molecule has 0 bridgehead atoms. The van der Waals surface area contributed by atoms with Crippen molar-refractivity contribution in [3.05, 3.63) is 101 Å². The van der Waals surface area contributed by atoms with Gasteiger partial charge in [0, 0.05) is 36.3 Å². The fraction of sp³-hybridized carbons (Fsp3) is 0.179. The van der Waals surface area contributed by atoms with E-state index in [1.54, 1.807) is 11.9 Å². The highest BCUT2D eigenvalue weighted by molar-refractivity contribution is 7.17. The zero-order valence-corrected chi connectivity index (χ0v) is 19.7. The maximum atomic E-state index is 13.5. The Morgan fingerprint density at radius 2 is 1.53 bits per heavy atom. The molecule has 0 atom stereocenters. The molecular formula is C28H25N3O2S. The minimum atomic E-state index is -0.0749. The first kappa shape index (κ1) is 22.0. The molecule has 1 saturated carbocycles. The summed E-state index contributed by atoms with van der Waals surface area (Å²) >= 11 is 1.42. The predicted molar refractivity (Wildman–Crippen MR) is 136 cm³/mol. The normalized spacial score (nSPS) is 12.9. The topological polar surface area (TPSA) is 62.3 Å². The Bertz CT molecular complexity index is 1300. The number of aromatic nitrogens is 1. The van der Waals surface area contributed by atoms with E-state index < -0.39 is 0 Å². The molecule has 0 radical (unpaired) electrons. The van der Waals surface area contributed by atoms with Gasteiger partial charge in [-0.2, -0.15) is 0 Å². The number of nitrogens with one attached hydrogen (secondary N) is 1. The Morgan fingerprint density at radius 1 is 0.912 bits per heavy atom. The van der Waals surface area contributed by atoms with Crippen LogP contribution in [0.5, 0.6) is 0 Å². The Balaban J connectivity index is 1.37. The lowest BCUT2D eigenvalue weighted by Crippen LogP contribution is -2.26. The molecule has 1 aliphatic carbocycles. The average molecular weight is 468 g/mol. The zero-order valence-electron chi connectivity index (χ0n) is 18.9. The van der Waals surface area contributed by atoms with Crippen molar-refractivity contribution < 1.29 is 9.59 Å². The van der Waals surface area contributed by atoms with E-state index in [9.17, 15) is 9.59 Å². The lowest BCUT2D eigenvalue weighted by atomic mass is 10.1. The van der Waals surface area contributed by atoms with Gasteiger partial charge in [-0.3, -0.25) is 9.59 Å². The number of amides is 2. The van der Waals surface area contributed by atoms with Crippen LogP contribution in [0.2, 0.25) is 0 Å². The van der Waals surface area contributed by atoms with Crippen LogP contribution in [0.4, 0.5) is 0 Å². The van der Waals surface area contributed by atoms with Gasteiger partial charge in [0.05, 0.1) is 5.69 Å². The van der Waals surface area contributed by atoms with Crippen molar-refractivity contribution in [1.82, 2.24) is 15.2 Å². The Labute approximate surface area is 203 Å². The number of nitrogens with zero attached hydrogens (tertiary/aromatic N) is 2. The SMILES string of the molecule is CN(Cc1ccc(C(=O)NC2CC2)cc1)C(=O)c1sc(-c2ccccc2)nc1-c1ccccc1. The molecule has 0 saturated heterocycles. The quantitative estimate of drug-likeness (QED) is 0.383. The van der Waals surface area contributed by atoms with Gasteiger partial charge >= 0.3 is 0 Å². The van der Waals surface area contributed by atoms with Crippen molar-refractivity contribution in [3.63, 3.8) is 0 Å². The van der Waals surface area contributed by atoms with Crippen molar-refractivity contribution in [2.24, 2.45) is 0 Å². The monoisotopic (exact) mass is 467 g/mol. The third-order valence-electron chi connectivity index (χ3n) is 5.78. The molecule has 1 aromatic heterocycles. The average Bonchev–Trinajstić information content (AvgIpc) is 3.58. The van der Waals surface area contributed by atoms with Gasteiger partial charge in [0.15, 0.2) is 0 Å². The van der Waals surface area contributed by atoms with Crippen LogP contribution < -0.4 is 5.32 Å². The van der Waals surface area contributed by atoms with Crippen LogP contribution in [0, 0.1) is 0 Å². The first-order valence-electron chi connectivity index (χ1n) is 11.4. The second-order valence-electron chi connectivity index (χ2n) is 8.53. The lowest BCUT2D eigenvalue weighted by Gasteiger charge is -2.17. The molecule has 170 valence electrons. The number of hydrogen-bond acceptors (Lipinski definition) is 4. The van der Waals surface area contributed by atoms with E-state index in [0.717, 1.165) is 34.5 Å². The first-order chi connectivity index (χ1) is 16.6. The minimum absolute atomic E-state index is 0.0379. The third kappa shape index (κ3) is 4.92. The molecule has 0 spiro atoms. The summed E-state index contributed by atoms with van der Waals surface area (Å²) in [7, 11) is 1.80. The molecule has 2 amide bonds. The number of hydrogen-bond donors (Lipinski definition) is 1. The molecule has 6 heteroatoms. The van der Waals surface area contributed by atoms with Crippen LogP contribution in [0.25, 0.3) is 21.8 Å². The molecule has 4 aromatic rings. The number of thiazole rings is 1. The highest BCUT2D eigenvalue weighted by Gasteiger charge is 2.25. The maximum absolute atomic E-state index is 13.5. The van der Waals surface area contributed by atoms with E-state index in [-0.39, 0.29) is 11.8 Å². The summed E-state index contributed by atoms with van der Waals surface area (Å²) in [6.45, 7) is 0.441. The molecule has 1 N–H and O–H groups in total. The van der Waals surface area contributed by atoms with E-state index in [1.165, 1.54) is 11.3 Å². The summed E-state index contributed by atoms with van der Waals surface area (Å²) in [5.74, 6) is -0.113. The van der Waals surface area contributed by atoms with E-state index in [4.69, 9.17) is 4.98 Å². The molecule has 3 aromatic carbocycles. The summed E-state index contributed by atoms with van der Waals surface area (Å²) < 4.78 is 0. The molecule has 5 nitrogen and oxygen atoms in total. The number of benzene rings is 3. The second kappa shape index (κ2) is 9.61. The van der Waals surface area contributed by atoms with E-state index in [1.807, 2.05) is 84.9 Å². The van der Waals surface area contributed by atoms with Crippen molar-refractivity contribution in [2.45, 2.75) is 25.4 Å². The minimum Gasteiger partial charge on any atom is -0.349 e. The number of carbonyl (C=O) groups is 2. The van der Waals surface area contributed by atoms with Gasteiger partial charge in [0.1, 0.15) is 9.88 Å². The Hall–Kier alpha value is -3.77. The van der Waals surface area contributed by atoms with Gasteiger partial charge < -0.3 is 10.2 Å². The molecule has 0 aliphatic heterocycles. The Morgan fingerprint density at radius 3 is 2.15 bits per heavy atom. The van der Waals surface area contributed by atoms with Crippen LogP contribution in [0.3, 0.4) is 0 Å². The Kier molecular flexibility index (Phi) is 6.23. The van der Waals surface area contributed by atoms with Gasteiger partial charge in [0.25, 0.3) is 11.8 Å². The van der Waals surface area contributed by atoms with Gasteiger partial charge in [-0.05, 0) is 30.5 Å². The summed E-state index contributed by atoms with van der Waals surface area (Å²) in [6, 6.07) is 27.5. The molecular weight excluding hydrogens is 442 g/mol. The lowest BCUT2D eigenvalue weighted by molar-refractivity contribution is 0.0790.